The standard InChI is InChI=1S/C11H13Cl2FN2O/c1-11(2,14)10(17)16-5-6-3-4-7(12)9(15)8(6)13/h3-4H,5,15H2,1-2H3,(H,16,17). The van der Waals surface area contributed by atoms with E-state index in [1.807, 2.05) is 0 Å². The summed E-state index contributed by atoms with van der Waals surface area (Å²) in [6.07, 6.45) is 0. The first-order chi connectivity index (χ1) is 7.73. The molecule has 0 saturated carbocycles. The smallest absolute Gasteiger partial charge is 0.257 e. The summed E-state index contributed by atoms with van der Waals surface area (Å²) in [5, 5.41) is 3.05. The number of carbonyl (C=O) groups excluding carboxylic acids is 1. The molecule has 1 aromatic rings. The minimum atomic E-state index is -1.93. The first-order valence-corrected chi connectivity index (χ1v) is 5.68. The summed E-state index contributed by atoms with van der Waals surface area (Å²) in [7, 11) is 0. The molecule has 0 spiro atoms. The molecule has 0 atom stereocenters. The van der Waals surface area contributed by atoms with Crippen molar-refractivity contribution in [3.63, 3.8) is 0 Å². The molecule has 0 bridgehead atoms. The van der Waals surface area contributed by atoms with Crippen LogP contribution in [0.5, 0.6) is 0 Å². The van der Waals surface area contributed by atoms with Gasteiger partial charge >= 0.3 is 0 Å². The number of benzene rings is 1. The van der Waals surface area contributed by atoms with Gasteiger partial charge in [-0.15, -0.1) is 0 Å². The average molecular weight is 279 g/mol. The molecule has 0 fully saturated rings. The summed E-state index contributed by atoms with van der Waals surface area (Å²) < 4.78 is 13.2. The summed E-state index contributed by atoms with van der Waals surface area (Å²) in [5.74, 6) is -0.706. The van der Waals surface area contributed by atoms with Crippen molar-refractivity contribution < 1.29 is 9.18 Å². The summed E-state index contributed by atoms with van der Waals surface area (Å²) in [6.45, 7) is 2.46. The van der Waals surface area contributed by atoms with Crippen molar-refractivity contribution in [2.24, 2.45) is 0 Å². The van der Waals surface area contributed by atoms with Gasteiger partial charge in [0.2, 0.25) is 0 Å². The molecule has 3 nitrogen and oxygen atoms in total. The number of nitrogens with two attached hydrogens (primary N) is 1. The Hall–Kier alpha value is -1.00. The molecule has 6 heteroatoms. The second kappa shape index (κ2) is 5.10. The lowest BCUT2D eigenvalue weighted by molar-refractivity contribution is -0.130. The fourth-order valence-electron chi connectivity index (χ4n) is 1.14. The zero-order valence-electron chi connectivity index (χ0n) is 9.48. The number of amides is 1. The van der Waals surface area contributed by atoms with Gasteiger partial charge < -0.3 is 11.1 Å². The van der Waals surface area contributed by atoms with Crippen LogP contribution in [0.4, 0.5) is 10.1 Å². The van der Waals surface area contributed by atoms with E-state index in [0.717, 1.165) is 0 Å². The number of hydrogen-bond acceptors (Lipinski definition) is 2. The Bertz CT molecular complexity index is 444. The predicted molar refractivity (Wildman–Crippen MR) is 67.9 cm³/mol. The van der Waals surface area contributed by atoms with Gasteiger partial charge in [-0.25, -0.2) is 4.39 Å². The van der Waals surface area contributed by atoms with Crippen molar-refractivity contribution in [1.82, 2.24) is 5.32 Å². The molecule has 0 aromatic heterocycles. The van der Waals surface area contributed by atoms with Crippen LogP contribution in [0, 0.1) is 0 Å². The molecular weight excluding hydrogens is 266 g/mol. The van der Waals surface area contributed by atoms with Crippen LogP contribution in [0.3, 0.4) is 0 Å². The Morgan fingerprint density at radius 1 is 1.47 bits per heavy atom. The van der Waals surface area contributed by atoms with Crippen molar-refractivity contribution in [2.75, 3.05) is 5.73 Å². The zero-order valence-corrected chi connectivity index (χ0v) is 11.0. The molecule has 0 aliphatic heterocycles. The van der Waals surface area contributed by atoms with E-state index in [9.17, 15) is 9.18 Å². The Balaban J connectivity index is 2.78. The Labute approximate surface area is 109 Å². The van der Waals surface area contributed by atoms with E-state index in [0.29, 0.717) is 10.6 Å². The average Bonchev–Trinajstić information content (AvgIpc) is 2.23. The molecule has 94 valence electrons. The number of nitrogens with one attached hydrogen (secondary N) is 1. The highest BCUT2D eigenvalue weighted by Gasteiger charge is 2.26. The fraction of sp³-hybridized carbons (Fsp3) is 0.364. The molecule has 0 saturated heterocycles. The molecule has 0 radical (unpaired) electrons. The van der Waals surface area contributed by atoms with Crippen LogP contribution in [0.15, 0.2) is 12.1 Å². The number of rotatable bonds is 3. The Morgan fingerprint density at radius 2 is 2.06 bits per heavy atom. The zero-order chi connectivity index (χ0) is 13.2. The first kappa shape index (κ1) is 14.1. The maximum absolute atomic E-state index is 13.2. The van der Waals surface area contributed by atoms with E-state index in [4.69, 9.17) is 28.9 Å². The fourth-order valence-corrected chi connectivity index (χ4v) is 1.57. The number of alkyl halides is 1. The third-order valence-corrected chi connectivity index (χ3v) is 2.96. The molecule has 1 rings (SSSR count). The topological polar surface area (TPSA) is 55.1 Å². The van der Waals surface area contributed by atoms with Crippen LogP contribution in [-0.4, -0.2) is 11.6 Å². The summed E-state index contributed by atoms with van der Waals surface area (Å²) in [5.41, 5.74) is 4.54. The number of hydrogen-bond donors (Lipinski definition) is 2. The van der Waals surface area contributed by atoms with Crippen molar-refractivity contribution in [1.29, 1.82) is 0 Å². The van der Waals surface area contributed by atoms with Gasteiger partial charge in [-0.05, 0) is 25.5 Å². The van der Waals surface area contributed by atoms with Crippen LogP contribution in [-0.2, 0) is 11.3 Å². The van der Waals surface area contributed by atoms with Crippen LogP contribution >= 0.6 is 23.2 Å². The van der Waals surface area contributed by atoms with Crippen molar-refractivity contribution in [2.45, 2.75) is 26.1 Å². The van der Waals surface area contributed by atoms with E-state index >= 15 is 0 Å². The molecule has 0 heterocycles. The highest BCUT2D eigenvalue weighted by molar-refractivity contribution is 6.39. The van der Waals surface area contributed by atoms with Crippen LogP contribution in [0.25, 0.3) is 0 Å². The maximum atomic E-state index is 13.2. The number of halogens is 3. The van der Waals surface area contributed by atoms with Gasteiger partial charge in [-0.1, -0.05) is 29.3 Å². The van der Waals surface area contributed by atoms with Gasteiger partial charge in [0, 0.05) is 6.54 Å². The Kier molecular flexibility index (Phi) is 4.22. The van der Waals surface area contributed by atoms with Crippen molar-refractivity contribution in [3.05, 3.63) is 27.7 Å². The molecule has 17 heavy (non-hydrogen) atoms. The van der Waals surface area contributed by atoms with Crippen LogP contribution < -0.4 is 11.1 Å². The van der Waals surface area contributed by atoms with Gasteiger partial charge in [-0.2, -0.15) is 0 Å². The van der Waals surface area contributed by atoms with Crippen LogP contribution in [0.1, 0.15) is 19.4 Å². The van der Waals surface area contributed by atoms with E-state index in [2.05, 4.69) is 5.32 Å². The Morgan fingerprint density at radius 3 is 2.59 bits per heavy atom. The lowest BCUT2D eigenvalue weighted by atomic mass is 10.1. The number of carbonyl (C=O) groups is 1. The summed E-state index contributed by atoms with van der Waals surface area (Å²) in [6, 6.07) is 3.21. The van der Waals surface area contributed by atoms with Gasteiger partial charge in [0.1, 0.15) is 0 Å². The van der Waals surface area contributed by atoms with Gasteiger partial charge in [0.25, 0.3) is 5.91 Å². The second-order valence-electron chi connectivity index (χ2n) is 4.09. The van der Waals surface area contributed by atoms with Crippen molar-refractivity contribution in [3.8, 4) is 0 Å². The SMILES string of the molecule is CC(C)(F)C(=O)NCc1ccc(Cl)c(N)c1Cl. The maximum Gasteiger partial charge on any atom is 0.257 e. The molecule has 1 aromatic carbocycles. The minimum Gasteiger partial charge on any atom is -0.396 e. The number of nitrogen functional groups attached to an aromatic ring is 1. The number of anilines is 1. The molecule has 0 aliphatic rings. The normalized spacial score (nSPS) is 11.4. The van der Waals surface area contributed by atoms with E-state index in [1.165, 1.54) is 13.8 Å². The lowest BCUT2D eigenvalue weighted by Gasteiger charge is -2.15. The van der Waals surface area contributed by atoms with E-state index in [1.54, 1.807) is 12.1 Å². The van der Waals surface area contributed by atoms with Gasteiger partial charge in [0.15, 0.2) is 5.67 Å². The van der Waals surface area contributed by atoms with Crippen molar-refractivity contribution >= 4 is 34.8 Å². The summed E-state index contributed by atoms with van der Waals surface area (Å²) >= 11 is 11.7. The van der Waals surface area contributed by atoms with E-state index < -0.39 is 11.6 Å². The molecule has 0 unspecified atom stereocenters. The highest BCUT2D eigenvalue weighted by Crippen LogP contribution is 2.30. The summed E-state index contributed by atoms with van der Waals surface area (Å²) in [4.78, 5) is 11.3. The quantitative estimate of drug-likeness (QED) is 0.836. The minimum absolute atomic E-state index is 0.104. The van der Waals surface area contributed by atoms with Gasteiger partial charge in [0.05, 0.1) is 15.7 Å². The van der Waals surface area contributed by atoms with E-state index in [-0.39, 0.29) is 17.3 Å². The highest BCUT2D eigenvalue weighted by atomic mass is 35.5. The predicted octanol–water partition coefficient (Wildman–Crippen LogP) is 2.94. The molecule has 1 amide bonds. The first-order valence-electron chi connectivity index (χ1n) is 4.93. The molecule has 0 aliphatic carbocycles. The molecular formula is C11H13Cl2FN2O. The lowest BCUT2D eigenvalue weighted by Crippen LogP contribution is -2.38. The third-order valence-electron chi connectivity index (χ3n) is 2.19. The largest absolute Gasteiger partial charge is 0.396 e. The third kappa shape index (κ3) is 3.48. The van der Waals surface area contributed by atoms with Gasteiger partial charge in [-0.3, -0.25) is 4.79 Å². The monoisotopic (exact) mass is 278 g/mol. The molecule has 3 N–H and O–H groups in total. The second-order valence-corrected chi connectivity index (χ2v) is 4.87. The van der Waals surface area contributed by atoms with Crippen LogP contribution in [0.2, 0.25) is 10.0 Å².